The van der Waals surface area contributed by atoms with E-state index in [1.165, 1.54) is 7.11 Å². The molecular formula is C20H18ClNO4. The minimum absolute atomic E-state index is 0.389. The van der Waals surface area contributed by atoms with Gasteiger partial charge < -0.3 is 9.47 Å². The van der Waals surface area contributed by atoms with Gasteiger partial charge in [-0.15, -0.1) is 0 Å². The number of amides is 2. The smallest absolute Gasteiger partial charge is 0.258 e. The van der Waals surface area contributed by atoms with E-state index in [0.717, 1.165) is 6.42 Å². The van der Waals surface area contributed by atoms with Crippen molar-refractivity contribution in [2.24, 2.45) is 0 Å². The van der Waals surface area contributed by atoms with E-state index < -0.39 is 11.8 Å². The lowest BCUT2D eigenvalue weighted by Gasteiger charge is -2.18. The third-order valence-corrected chi connectivity index (χ3v) is 4.23. The molecule has 1 aliphatic heterocycles. The number of benzene rings is 2. The fraction of sp³-hybridized carbons (Fsp3) is 0.200. The number of rotatable bonds is 5. The molecule has 2 aromatic carbocycles. The van der Waals surface area contributed by atoms with Gasteiger partial charge in [-0.05, 0) is 41.8 Å². The maximum Gasteiger partial charge on any atom is 0.258 e. The molecule has 1 heterocycles. The molecule has 1 aliphatic rings. The van der Waals surface area contributed by atoms with Crippen molar-refractivity contribution in [1.82, 2.24) is 5.32 Å². The van der Waals surface area contributed by atoms with Gasteiger partial charge in [-0.25, -0.2) is 0 Å². The molecule has 0 spiro atoms. The zero-order valence-electron chi connectivity index (χ0n) is 14.5. The summed E-state index contributed by atoms with van der Waals surface area (Å²) in [6.45, 7) is 2.52. The molecule has 134 valence electrons. The van der Waals surface area contributed by atoms with E-state index in [0.29, 0.717) is 45.4 Å². The van der Waals surface area contributed by atoms with Crippen LogP contribution in [-0.4, -0.2) is 25.5 Å². The fourth-order valence-electron chi connectivity index (χ4n) is 2.75. The monoisotopic (exact) mass is 371 g/mol. The van der Waals surface area contributed by atoms with E-state index in [2.05, 4.69) is 5.32 Å². The number of imide groups is 1. The Kier molecular flexibility index (Phi) is 5.28. The summed E-state index contributed by atoms with van der Waals surface area (Å²) in [5.41, 5.74) is 2.10. The standard InChI is InChI=1S/C20H18ClNO4/c1-3-8-26-18-16(21)10-12(11-17(18)25-2)9-15-13-6-4-5-7-14(13)19(23)22-20(15)24/h4-7,9-11H,3,8H2,1-2H3,(H,22,23,24). The highest BCUT2D eigenvalue weighted by Gasteiger charge is 2.26. The van der Waals surface area contributed by atoms with Gasteiger partial charge in [0.25, 0.3) is 11.8 Å². The molecule has 0 aliphatic carbocycles. The number of halogens is 1. The molecule has 2 amide bonds. The molecule has 5 nitrogen and oxygen atoms in total. The third kappa shape index (κ3) is 3.44. The van der Waals surface area contributed by atoms with Crippen LogP contribution in [0.15, 0.2) is 36.4 Å². The molecule has 3 rings (SSSR count). The Morgan fingerprint density at radius 2 is 1.85 bits per heavy atom. The molecule has 2 aromatic rings. The third-order valence-electron chi connectivity index (χ3n) is 3.95. The maximum absolute atomic E-state index is 12.3. The first-order valence-corrected chi connectivity index (χ1v) is 8.60. The molecule has 6 heteroatoms. The quantitative estimate of drug-likeness (QED) is 0.638. The van der Waals surface area contributed by atoms with E-state index >= 15 is 0 Å². The molecule has 0 atom stereocenters. The normalized spacial score (nSPS) is 14.8. The number of carbonyl (C=O) groups excluding carboxylic acids is 2. The maximum atomic E-state index is 12.3. The summed E-state index contributed by atoms with van der Waals surface area (Å²) in [5, 5.41) is 2.75. The van der Waals surface area contributed by atoms with Gasteiger partial charge in [0.05, 0.1) is 18.7 Å². The lowest BCUT2D eigenvalue weighted by atomic mass is 9.93. The Morgan fingerprint density at radius 3 is 2.54 bits per heavy atom. The van der Waals surface area contributed by atoms with Gasteiger partial charge >= 0.3 is 0 Å². The van der Waals surface area contributed by atoms with Crippen LogP contribution in [0.5, 0.6) is 11.5 Å². The number of hydrogen-bond donors (Lipinski definition) is 1. The van der Waals surface area contributed by atoms with E-state index in [1.54, 1.807) is 42.5 Å². The van der Waals surface area contributed by atoms with Gasteiger partial charge in [-0.2, -0.15) is 0 Å². The largest absolute Gasteiger partial charge is 0.493 e. The van der Waals surface area contributed by atoms with Crippen molar-refractivity contribution >= 4 is 35.1 Å². The molecular weight excluding hydrogens is 354 g/mol. The van der Waals surface area contributed by atoms with E-state index in [-0.39, 0.29) is 0 Å². The first-order valence-electron chi connectivity index (χ1n) is 8.22. The van der Waals surface area contributed by atoms with Gasteiger partial charge in [-0.3, -0.25) is 14.9 Å². The van der Waals surface area contributed by atoms with Crippen LogP contribution in [0.1, 0.15) is 34.8 Å². The Bertz CT molecular complexity index is 905. The topological polar surface area (TPSA) is 64.6 Å². The number of nitrogens with one attached hydrogen (secondary N) is 1. The fourth-order valence-corrected chi connectivity index (χ4v) is 3.03. The summed E-state index contributed by atoms with van der Waals surface area (Å²) in [6, 6.07) is 10.4. The number of methoxy groups -OCH3 is 1. The molecule has 26 heavy (non-hydrogen) atoms. The number of hydrogen-bond acceptors (Lipinski definition) is 4. The van der Waals surface area contributed by atoms with Gasteiger partial charge in [0.1, 0.15) is 0 Å². The van der Waals surface area contributed by atoms with Crippen LogP contribution in [0.2, 0.25) is 5.02 Å². The zero-order chi connectivity index (χ0) is 18.7. The van der Waals surface area contributed by atoms with Crippen LogP contribution in [-0.2, 0) is 4.79 Å². The van der Waals surface area contributed by atoms with Crippen molar-refractivity contribution < 1.29 is 19.1 Å². The Hall–Kier alpha value is -2.79. The molecule has 0 fully saturated rings. The molecule has 1 N–H and O–H groups in total. The number of fused-ring (bicyclic) bond motifs is 1. The molecule has 0 bridgehead atoms. The minimum atomic E-state index is -0.449. The van der Waals surface area contributed by atoms with Gasteiger partial charge in [-0.1, -0.05) is 36.7 Å². The second-order valence-electron chi connectivity index (χ2n) is 5.77. The first kappa shape index (κ1) is 18.0. The second kappa shape index (κ2) is 7.62. The highest BCUT2D eigenvalue weighted by atomic mass is 35.5. The van der Waals surface area contributed by atoms with Crippen LogP contribution in [0, 0.1) is 0 Å². The molecule has 0 aromatic heterocycles. The first-order chi connectivity index (χ1) is 12.5. The number of carbonyl (C=O) groups is 2. The summed E-state index contributed by atoms with van der Waals surface area (Å²) < 4.78 is 11.0. The highest BCUT2D eigenvalue weighted by Crippen LogP contribution is 2.38. The molecule has 0 unspecified atom stereocenters. The lowest BCUT2D eigenvalue weighted by Crippen LogP contribution is -2.36. The zero-order valence-corrected chi connectivity index (χ0v) is 15.2. The average Bonchev–Trinajstić information content (AvgIpc) is 2.64. The Balaban J connectivity index is 2.07. The minimum Gasteiger partial charge on any atom is -0.493 e. The number of ether oxygens (including phenoxy) is 2. The summed E-state index contributed by atoms with van der Waals surface area (Å²) in [5.74, 6) is 0.108. The Morgan fingerprint density at radius 1 is 1.12 bits per heavy atom. The highest BCUT2D eigenvalue weighted by molar-refractivity contribution is 6.34. The molecule has 0 radical (unpaired) electrons. The second-order valence-corrected chi connectivity index (χ2v) is 6.18. The Labute approximate surface area is 156 Å². The van der Waals surface area contributed by atoms with Crippen molar-refractivity contribution in [3.05, 3.63) is 58.1 Å². The van der Waals surface area contributed by atoms with Crippen LogP contribution < -0.4 is 14.8 Å². The van der Waals surface area contributed by atoms with Crippen LogP contribution in [0.3, 0.4) is 0 Å². The average molecular weight is 372 g/mol. The van der Waals surface area contributed by atoms with Crippen LogP contribution in [0.25, 0.3) is 11.6 Å². The molecule has 0 saturated heterocycles. The van der Waals surface area contributed by atoms with Gasteiger partial charge in [0, 0.05) is 11.1 Å². The SMILES string of the molecule is CCCOc1c(Cl)cc(C=C2C(=O)NC(=O)c3ccccc32)cc1OC. The lowest BCUT2D eigenvalue weighted by molar-refractivity contribution is -0.114. The van der Waals surface area contributed by atoms with Crippen LogP contribution >= 0.6 is 11.6 Å². The van der Waals surface area contributed by atoms with Crippen molar-refractivity contribution in [3.63, 3.8) is 0 Å². The summed E-state index contributed by atoms with van der Waals surface area (Å²) in [6.07, 6.45) is 2.52. The van der Waals surface area contributed by atoms with Gasteiger partial charge in [0.15, 0.2) is 11.5 Å². The van der Waals surface area contributed by atoms with Crippen LogP contribution in [0.4, 0.5) is 0 Å². The van der Waals surface area contributed by atoms with Crippen molar-refractivity contribution in [2.45, 2.75) is 13.3 Å². The summed E-state index contributed by atoms with van der Waals surface area (Å²) in [7, 11) is 1.53. The van der Waals surface area contributed by atoms with E-state index in [4.69, 9.17) is 21.1 Å². The van der Waals surface area contributed by atoms with Crippen molar-refractivity contribution in [3.8, 4) is 11.5 Å². The van der Waals surface area contributed by atoms with Crippen molar-refractivity contribution in [1.29, 1.82) is 0 Å². The summed E-state index contributed by atoms with van der Waals surface area (Å²) >= 11 is 6.34. The predicted octanol–water partition coefficient (Wildman–Crippen LogP) is 3.95. The summed E-state index contributed by atoms with van der Waals surface area (Å²) in [4.78, 5) is 24.3. The van der Waals surface area contributed by atoms with Gasteiger partial charge in [0.2, 0.25) is 0 Å². The van der Waals surface area contributed by atoms with E-state index in [9.17, 15) is 9.59 Å². The predicted molar refractivity (Wildman–Crippen MR) is 101 cm³/mol. The van der Waals surface area contributed by atoms with Crippen molar-refractivity contribution in [2.75, 3.05) is 13.7 Å². The van der Waals surface area contributed by atoms with E-state index in [1.807, 2.05) is 6.92 Å². The molecule has 0 saturated carbocycles.